The zero-order valence-corrected chi connectivity index (χ0v) is 18.2. The maximum atomic E-state index is 14.5. The number of hydrogen-bond donors (Lipinski definition) is 0. The van der Waals surface area contributed by atoms with Crippen molar-refractivity contribution in [1.29, 1.82) is 0 Å². The summed E-state index contributed by atoms with van der Waals surface area (Å²) < 4.78 is 39.1. The summed E-state index contributed by atoms with van der Waals surface area (Å²) in [5.74, 6) is -1.62. The second kappa shape index (κ2) is 11.9. The smallest absolute Gasteiger partial charge is 0.341 e. The molecule has 0 atom stereocenters. The first-order valence-electron chi connectivity index (χ1n) is 11.4. The zero-order chi connectivity index (χ0) is 22.1. The molecular weight excluding hydrogens is 398 g/mol. The van der Waals surface area contributed by atoms with Crippen LogP contribution in [0.1, 0.15) is 75.1 Å². The van der Waals surface area contributed by atoms with E-state index >= 15 is 0 Å². The lowest BCUT2D eigenvalue weighted by molar-refractivity contribution is -0.0206. The highest BCUT2D eigenvalue weighted by atomic mass is 19.1. The Bertz CT molecular complexity index is 827. The van der Waals surface area contributed by atoms with Crippen molar-refractivity contribution >= 4 is 5.97 Å². The first kappa shape index (κ1) is 23.4. The molecule has 31 heavy (non-hydrogen) atoms. The van der Waals surface area contributed by atoms with Crippen molar-refractivity contribution in [3.05, 3.63) is 59.7 Å². The number of ether oxygens (including phenoxy) is 2. The largest absolute Gasteiger partial charge is 0.459 e. The summed E-state index contributed by atoms with van der Waals surface area (Å²) >= 11 is 0. The number of benzene rings is 2. The monoisotopic (exact) mass is 430 g/mol. The van der Waals surface area contributed by atoms with E-state index in [2.05, 4.69) is 6.92 Å². The number of carbonyl (C=O) groups is 1. The van der Waals surface area contributed by atoms with Crippen LogP contribution in [0.3, 0.4) is 0 Å². The van der Waals surface area contributed by atoms with Gasteiger partial charge in [-0.3, -0.25) is 0 Å². The van der Waals surface area contributed by atoms with Gasteiger partial charge in [0.1, 0.15) is 17.7 Å². The van der Waals surface area contributed by atoms with Crippen LogP contribution in [-0.4, -0.2) is 24.8 Å². The van der Waals surface area contributed by atoms with Crippen LogP contribution in [0.25, 0.3) is 11.1 Å². The van der Waals surface area contributed by atoms with Crippen molar-refractivity contribution in [3.63, 3.8) is 0 Å². The van der Waals surface area contributed by atoms with Crippen LogP contribution in [0.4, 0.5) is 8.78 Å². The van der Waals surface area contributed by atoms with Crippen LogP contribution in [-0.2, 0) is 9.47 Å². The number of hydrogen-bond acceptors (Lipinski definition) is 3. The third-order valence-electron chi connectivity index (χ3n) is 5.86. The molecule has 168 valence electrons. The van der Waals surface area contributed by atoms with Crippen LogP contribution >= 0.6 is 0 Å². The predicted molar refractivity (Wildman–Crippen MR) is 118 cm³/mol. The summed E-state index contributed by atoms with van der Waals surface area (Å²) in [4.78, 5) is 12.5. The molecule has 1 fully saturated rings. The maximum absolute atomic E-state index is 14.5. The van der Waals surface area contributed by atoms with Gasteiger partial charge in [-0.25, -0.2) is 13.6 Å². The lowest BCUT2D eigenvalue weighted by Gasteiger charge is -2.28. The summed E-state index contributed by atoms with van der Waals surface area (Å²) in [6.07, 6.45) is 9.33. The number of unbranched alkanes of at least 4 members (excludes halogenated alkanes) is 4. The normalized spacial score (nSPS) is 18.7. The van der Waals surface area contributed by atoms with E-state index in [1.807, 2.05) is 0 Å². The number of carbonyl (C=O) groups excluding carboxylic acids is 1. The minimum Gasteiger partial charge on any atom is -0.459 e. The molecule has 1 saturated carbocycles. The third kappa shape index (κ3) is 7.13. The fourth-order valence-electron chi connectivity index (χ4n) is 3.99. The molecule has 0 unspecified atom stereocenters. The summed E-state index contributed by atoms with van der Waals surface area (Å²) in [5.41, 5.74) is 1.20. The molecule has 3 rings (SSSR count). The van der Waals surface area contributed by atoms with Gasteiger partial charge >= 0.3 is 5.97 Å². The molecule has 0 aliphatic heterocycles. The molecule has 2 aromatic carbocycles. The van der Waals surface area contributed by atoms with Gasteiger partial charge in [0.15, 0.2) is 0 Å². The van der Waals surface area contributed by atoms with E-state index in [0.29, 0.717) is 11.1 Å². The Hall–Kier alpha value is -2.27. The topological polar surface area (TPSA) is 35.5 Å². The summed E-state index contributed by atoms with van der Waals surface area (Å²) in [5, 5.41) is 0. The SMILES string of the molecule is CCCCCCCOC1CCC(OC(=O)c2ccc(-c3ccc(F)cc3)cc2F)CC1. The standard InChI is InChI=1S/C26H32F2O3/c1-2-3-4-5-6-17-30-22-12-14-23(15-13-22)31-26(29)24-16-9-20(18-25(24)28)19-7-10-21(27)11-8-19/h7-11,16,18,22-23H,2-6,12-15,17H2,1H3. The Kier molecular flexibility index (Phi) is 9.01. The van der Waals surface area contributed by atoms with Crippen molar-refractivity contribution in [3.8, 4) is 11.1 Å². The van der Waals surface area contributed by atoms with Gasteiger partial charge in [0.2, 0.25) is 0 Å². The van der Waals surface area contributed by atoms with E-state index in [1.165, 1.54) is 49.9 Å². The molecule has 0 radical (unpaired) electrons. The summed E-state index contributed by atoms with van der Waals surface area (Å²) in [6, 6.07) is 10.2. The Labute approximate surface area is 183 Å². The molecular formula is C26H32F2O3. The van der Waals surface area contributed by atoms with Gasteiger partial charge in [-0.2, -0.15) is 0 Å². The highest BCUT2D eigenvalue weighted by Gasteiger charge is 2.25. The van der Waals surface area contributed by atoms with Crippen molar-refractivity contribution in [2.75, 3.05) is 6.61 Å². The fourth-order valence-corrected chi connectivity index (χ4v) is 3.99. The Morgan fingerprint density at radius 3 is 2.19 bits per heavy atom. The second-order valence-corrected chi connectivity index (χ2v) is 8.29. The van der Waals surface area contributed by atoms with Gasteiger partial charge < -0.3 is 9.47 Å². The molecule has 0 aromatic heterocycles. The molecule has 0 heterocycles. The molecule has 1 aliphatic rings. The van der Waals surface area contributed by atoms with Crippen LogP contribution in [0, 0.1) is 11.6 Å². The van der Waals surface area contributed by atoms with E-state index in [-0.39, 0.29) is 23.6 Å². The summed E-state index contributed by atoms with van der Waals surface area (Å²) in [6.45, 7) is 3.00. The zero-order valence-electron chi connectivity index (χ0n) is 18.2. The fraction of sp³-hybridized carbons (Fsp3) is 0.500. The molecule has 1 aliphatic carbocycles. The van der Waals surface area contributed by atoms with Crippen molar-refractivity contribution in [2.24, 2.45) is 0 Å². The van der Waals surface area contributed by atoms with E-state index < -0.39 is 11.8 Å². The number of rotatable bonds is 10. The molecule has 5 heteroatoms. The third-order valence-corrected chi connectivity index (χ3v) is 5.86. The summed E-state index contributed by atoms with van der Waals surface area (Å²) in [7, 11) is 0. The molecule has 3 nitrogen and oxygen atoms in total. The molecule has 0 N–H and O–H groups in total. The minimum absolute atomic E-state index is 0.0729. The van der Waals surface area contributed by atoms with Crippen LogP contribution in [0.5, 0.6) is 0 Å². The van der Waals surface area contributed by atoms with Gasteiger partial charge in [0, 0.05) is 6.61 Å². The van der Waals surface area contributed by atoms with Gasteiger partial charge in [-0.05, 0) is 67.5 Å². The lowest BCUT2D eigenvalue weighted by atomic mass is 9.95. The van der Waals surface area contributed by atoms with Gasteiger partial charge in [0.25, 0.3) is 0 Å². The first-order valence-corrected chi connectivity index (χ1v) is 11.4. The molecule has 0 bridgehead atoms. The second-order valence-electron chi connectivity index (χ2n) is 8.29. The Morgan fingerprint density at radius 1 is 0.871 bits per heavy atom. The van der Waals surface area contributed by atoms with Crippen molar-refractivity contribution in [1.82, 2.24) is 0 Å². The Morgan fingerprint density at radius 2 is 1.52 bits per heavy atom. The quantitative estimate of drug-likeness (QED) is 0.298. The van der Waals surface area contributed by atoms with Crippen LogP contribution in [0.2, 0.25) is 0 Å². The molecule has 2 aromatic rings. The predicted octanol–water partition coefficient (Wildman–Crippen LogP) is 7.09. The van der Waals surface area contributed by atoms with E-state index in [4.69, 9.17) is 9.47 Å². The highest BCUT2D eigenvalue weighted by Crippen LogP contribution is 2.26. The maximum Gasteiger partial charge on any atom is 0.341 e. The molecule has 0 spiro atoms. The van der Waals surface area contributed by atoms with Crippen LogP contribution in [0.15, 0.2) is 42.5 Å². The van der Waals surface area contributed by atoms with Gasteiger partial charge in [-0.1, -0.05) is 50.8 Å². The lowest BCUT2D eigenvalue weighted by Crippen LogP contribution is -2.28. The van der Waals surface area contributed by atoms with E-state index in [1.54, 1.807) is 18.2 Å². The average molecular weight is 431 g/mol. The van der Waals surface area contributed by atoms with Gasteiger partial charge in [-0.15, -0.1) is 0 Å². The number of esters is 1. The van der Waals surface area contributed by atoms with E-state index in [0.717, 1.165) is 38.7 Å². The minimum atomic E-state index is -0.636. The first-order chi connectivity index (χ1) is 15.1. The van der Waals surface area contributed by atoms with Crippen molar-refractivity contribution < 1.29 is 23.0 Å². The van der Waals surface area contributed by atoms with Gasteiger partial charge in [0.05, 0.1) is 11.7 Å². The highest BCUT2D eigenvalue weighted by molar-refractivity contribution is 5.90. The molecule has 0 amide bonds. The van der Waals surface area contributed by atoms with E-state index in [9.17, 15) is 13.6 Å². The number of halogens is 2. The van der Waals surface area contributed by atoms with Crippen LogP contribution < -0.4 is 0 Å². The Balaban J connectivity index is 1.44. The molecule has 0 saturated heterocycles. The van der Waals surface area contributed by atoms with Crippen molar-refractivity contribution in [2.45, 2.75) is 76.9 Å². The average Bonchev–Trinajstić information content (AvgIpc) is 2.77.